The number of amides is 2. The van der Waals surface area contributed by atoms with Gasteiger partial charge in [-0.1, -0.05) is 42.5 Å². The van der Waals surface area contributed by atoms with Gasteiger partial charge in [-0.15, -0.1) is 11.8 Å². The minimum Gasteiger partial charge on any atom is -0.321 e. The van der Waals surface area contributed by atoms with Crippen LogP contribution in [0, 0.1) is 0 Å². The van der Waals surface area contributed by atoms with Crippen molar-refractivity contribution in [2.45, 2.75) is 30.6 Å². The molecule has 6 rings (SSSR count). The Balaban J connectivity index is 1.13. The van der Waals surface area contributed by atoms with Gasteiger partial charge in [-0.3, -0.25) is 23.9 Å². The van der Waals surface area contributed by atoms with Gasteiger partial charge in [0.2, 0.25) is 5.91 Å². The molecule has 0 spiro atoms. The lowest BCUT2D eigenvalue weighted by molar-refractivity contribution is -0.113. The largest absolute Gasteiger partial charge is 0.321 e. The molecule has 1 aliphatic rings. The molecule has 0 bridgehead atoms. The molecule has 0 saturated carbocycles. The summed E-state index contributed by atoms with van der Waals surface area (Å²) in [5, 5.41) is 6.78. The Morgan fingerprint density at radius 1 is 0.860 bits per heavy atom. The Hall–Kier alpha value is -4.95. The van der Waals surface area contributed by atoms with Gasteiger partial charge in [-0.05, 0) is 91.4 Å². The predicted octanol–water partition coefficient (Wildman–Crippen LogP) is 6.76. The SMILES string of the molecule is O=C(Nc1ccc(SCC(=O)n2c3c(c4ccccc42)CCCC3)cc1)/C(=C/c1cccnc1)NC(=O)c1ccccc1. The highest BCUT2D eigenvalue weighted by molar-refractivity contribution is 8.00. The first-order valence-corrected chi connectivity index (χ1v) is 15.2. The number of anilines is 1. The summed E-state index contributed by atoms with van der Waals surface area (Å²) < 4.78 is 1.92. The van der Waals surface area contributed by atoms with Gasteiger partial charge in [0.05, 0.1) is 11.3 Å². The van der Waals surface area contributed by atoms with E-state index < -0.39 is 5.91 Å². The number of hydrogen-bond donors (Lipinski definition) is 2. The van der Waals surface area contributed by atoms with Gasteiger partial charge in [0.15, 0.2) is 0 Å². The molecule has 0 radical (unpaired) electrons. The van der Waals surface area contributed by atoms with Crippen molar-refractivity contribution in [1.29, 1.82) is 0 Å². The molecule has 0 fully saturated rings. The van der Waals surface area contributed by atoms with E-state index in [0.717, 1.165) is 41.8 Å². The number of thioether (sulfide) groups is 1. The zero-order valence-corrected chi connectivity index (χ0v) is 24.3. The number of aromatic nitrogens is 2. The van der Waals surface area contributed by atoms with Crippen LogP contribution >= 0.6 is 11.8 Å². The summed E-state index contributed by atoms with van der Waals surface area (Å²) in [7, 11) is 0. The van der Waals surface area contributed by atoms with Gasteiger partial charge in [-0.25, -0.2) is 0 Å². The average Bonchev–Trinajstić information content (AvgIpc) is 3.39. The quantitative estimate of drug-likeness (QED) is 0.155. The van der Waals surface area contributed by atoms with Crippen molar-refractivity contribution in [2.75, 3.05) is 11.1 Å². The van der Waals surface area contributed by atoms with Gasteiger partial charge >= 0.3 is 0 Å². The fraction of sp³-hybridized carbons (Fsp3) is 0.143. The van der Waals surface area contributed by atoms with Crippen LogP contribution < -0.4 is 10.6 Å². The number of pyridine rings is 1. The summed E-state index contributed by atoms with van der Waals surface area (Å²) in [4.78, 5) is 44.5. The maximum absolute atomic E-state index is 13.4. The number of nitrogens with zero attached hydrogens (tertiary/aromatic N) is 2. The second kappa shape index (κ2) is 12.9. The van der Waals surface area contributed by atoms with Gasteiger partial charge in [0.1, 0.15) is 5.70 Å². The third-order valence-corrected chi connectivity index (χ3v) is 8.42. The molecule has 5 aromatic rings. The van der Waals surface area contributed by atoms with Crippen molar-refractivity contribution in [3.05, 3.63) is 131 Å². The van der Waals surface area contributed by atoms with Crippen molar-refractivity contribution < 1.29 is 14.4 Å². The van der Waals surface area contributed by atoms with E-state index in [-0.39, 0.29) is 17.5 Å². The second-order valence-corrected chi connectivity index (χ2v) is 11.4. The second-order valence-electron chi connectivity index (χ2n) is 10.3. The van der Waals surface area contributed by atoms with Crippen LogP contribution in [0.2, 0.25) is 0 Å². The molecule has 2 N–H and O–H groups in total. The highest BCUT2D eigenvalue weighted by Crippen LogP contribution is 2.33. The summed E-state index contributed by atoms with van der Waals surface area (Å²) in [6.45, 7) is 0. The summed E-state index contributed by atoms with van der Waals surface area (Å²) in [5.41, 5.74) is 5.24. The summed E-state index contributed by atoms with van der Waals surface area (Å²) in [6, 6.07) is 27.8. The van der Waals surface area contributed by atoms with Crippen LogP contribution in [0.5, 0.6) is 0 Å². The first kappa shape index (κ1) is 28.2. The van der Waals surface area contributed by atoms with Crippen LogP contribution in [0.25, 0.3) is 17.0 Å². The van der Waals surface area contributed by atoms with E-state index in [4.69, 9.17) is 0 Å². The summed E-state index contributed by atoms with van der Waals surface area (Å²) in [6.07, 6.45) is 9.05. The molecular weight excluding hydrogens is 556 g/mol. The zero-order valence-electron chi connectivity index (χ0n) is 23.5. The van der Waals surface area contributed by atoms with Crippen molar-refractivity contribution in [3.63, 3.8) is 0 Å². The third-order valence-electron chi connectivity index (χ3n) is 7.43. The standard InChI is InChI=1S/C35H30N4O3S/c40-33(39-31-14-6-4-12-28(31)29-13-5-7-15-32(29)39)23-43-27-18-16-26(17-19-27)37-35(42)30(21-24-9-8-20-36-22-24)38-34(41)25-10-2-1-3-11-25/h1-4,6,8-12,14,16-22H,5,7,13,15,23H2,(H,37,42)(H,38,41)/b30-21-. The number of nitrogens with one attached hydrogen (secondary N) is 2. The predicted molar refractivity (Wildman–Crippen MR) is 171 cm³/mol. The highest BCUT2D eigenvalue weighted by Gasteiger charge is 2.23. The number of para-hydroxylation sites is 1. The molecule has 0 unspecified atom stereocenters. The Morgan fingerprint density at radius 2 is 1.63 bits per heavy atom. The van der Waals surface area contributed by atoms with Crippen molar-refractivity contribution in [2.24, 2.45) is 0 Å². The Morgan fingerprint density at radius 3 is 2.42 bits per heavy atom. The smallest absolute Gasteiger partial charge is 0.272 e. The molecule has 43 heavy (non-hydrogen) atoms. The van der Waals surface area contributed by atoms with E-state index in [1.54, 1.807) is 67.0 Å². The van der Waals surface area contributed by atoms with Crippen LogP contribution in [0.3, 0.4) is 0 Å². The van der Waals surface area contributed by atoms with E-state index in [0.29, 0.717) is 22.6 Å². The van der Waals surface area contributed by atoms with Crippen LogP contribution in [0.15, 0.2) is 114 Å². The monoisotopic (exact) mass is 586 g/mol. The number of hydrogen-bond acceptors (Lipinski definition) is 5. The lowest BCUT2D eigenvalue weighted by Crippen LogP contribution is -2.30. The minimum absolute atomic E-state index is 0.0704. The average molecular weight is 587 g/mol. The molecule has 1 aliphatic carbocycles. The molecule has 0 atom stereocenters. The van der Waals surface area contributed by atoms with E-state index >= 15 is 0 Å². The number of aryl methyl sites for hydroxylation is 1. The first-order valence-electron chi connectivity index (χ1n) is 14.2. The molecule has 2 heterocycles. The van der Waals surface area contributed by atoms with Gasteiger partial charge in [0.25, 0.3) is 11.8 Å². The summed E-state index contributed by atoms with van der Waals surface area (Å²) >= 11 is 1.47. The fourth-order valence-corrected chi connectivity index (χ4v) is 6.14. The van der Waals surface area contributed by atoms with Crippen molar-refractivity contribution in [3.8, 4) is 0 Å². The molecule has 2 aromatic heterocycles. The van der Waals surface area contributed by atoms with Crippen LogP contribution in [0.1, 0.15) is 44.8 Å². The number of carbonyl (C=O) groups is 3. The van der Waals surface area contributed by atoms with E-state index in [9.17, 15) is 14.4 Å². The number of rotatable bonds is 8. The maximum Gasteiger partial charge on any atom is 0.272 e. The molecule has 214 valence electrons. The summed E-state index contributed by atoms with van der Waals surface area (Å²) in [5.74, 6) is -0.478. The van der Waals surface area contributed by atoms with Crippen molar-refractivity contribution >= 4 is 52.1 Å². The Bertz CT molecular complexity index is 1810. The highest BCUT2D eigenvalue weighted by atomic mass is 32.2. The number of benzene rings is 3. The molecule has 8 heteroatoms. The van der Waals surface area contributed by atoms with Gasteiger partial charge < -0.3 is 10.6 Å². The minimum atomic E-state index is -0.465. The number of fused-ring (bicyclic) bond motifs is 3. The van der Waals surface area contributed by atoms with E-state index in [1.165, 1.54) is 22.7 Å². The normalized spacial score (nSPS) is 12.9. The molecule has 0 saturated heterocycles. The van der Waals surface area contributed by atoms with E-state index in [1.807, 2.05) is 41.0 Å². The topological polar surface area (TPSA) is 93.1 Å². The van der Waals surface area contributed by atoms with Crippen molar-refractivity contribution in [1.82, 2.24) is 14.9 Å². The van der Waals surface area contributed by atoms with Gasteiger partial charge in [-0.2, -0.15) is 0 Å². The number of carbonyl (C=O) groups excluding carboxylic acids is 3. The lowest BCUT2D eigenvalue weighted by atomic mass is 9.96. The van der Waals surface area contributed by atoms with Crippen LogP contribution in [-0.2, 0) is 17.6 Å². The Kier molecular flexibility index (Phi) is 8.47. The van der Waals surface area contributed by atoms with Crippen LogP contribution in [0.4, 0.5) is 5.69 Å². The molecule has 3 aromatic carbocycles. The molecule has 2 amide bonds. The van der Waals surface area contributed by atoms with Gasteiger partial charge in [0, 0.05) is 39.6 Å². The van der Waals surface area contributed by atoms with Crippen LogP contribution in [-0.4, -0.2) is 33.0 Å². The molecule has 0 aliphatic heterocycles. The Labute approximate surface area is 254 Å². The molecule has 7 nitrogen and oxygen atoms in total. The molecular formula is C35H30N4O3S. The first-order chi connectivity index (χ1) is 21.1. The third kappa shape index (κ3) is 6.44. The van der Waals surface area contributed by atoms with E-state index in [2.05, 4.69) is 21.7 Å². The fourth-order valence-electron chi connectivity index (χ4n) is 5.39. The maximum atomic E-state index is 13.4. The lowest BCUT2D eigenvalue weighted by Gasteiger charge is -2.15. The zero-order chi connectivity index (χ0) is 29.6.